The highest BCUT2D eigenvalue weighted by Gasteiger charge is 2.09. The van der Waals surface area contributed by atoms with E-state index in [4.69, 9.17) is 9.84 Å². The van der Waals surface area contributed by atoms with Crippen LogP contribution in [-0.4, -0.2) is 29.6 Å². The lowest BCUT2D eigenvalue weighted by atomic mass is 10.1. The molecule has 0 unspecified atom stereocenters. The summed E-state index contributed by atoms with van der Waals surface area (Å²) in [7, 11) is 0. The fourth-order valence-corrected chi connectivity index (χ4v) is 1.83. The molecular formula is C15H21NO4. The molecule has 0 aliphatic carbocycles. The van der Waals surface area contributed by atoms with Crippen LogP contribution in [0.3, 0.4) is 0 Å². The summed E-state index contributed by atoms with van der Waals surface area (Å²) in [5.41, 5.74) is 0.649. The minimum Gasteiger partial charge on any atom is -0.484 e. The quantitative estimate of drug-likeness (QED) is 0.763. The number of nitrogens with one attached hydrogen (secondary N) is 1. The van der Waals surface area contributed by atoms with Gasteiger partial charge in [-0.1, -0.05) is 26.0 Å². The van der Waals surface area contributed by atoms with Gasteiger partial charge >= 0.3 is 5.97 Å². The Labute approximate surface area is 118 Å². The van der Waals surface area contributed by atoms with E-state index in [1.54, 1.807) is 24.3 Å². The van der Waals surface area contributed by atoms with E-state index in [9.17, 15) is 9.59 Å². The molecule has 0 spiro atoms. The van der Waals surface area contributed by atoms with E-state index in [-0.39, 0.29) is 25.0 Å². The molecule has 5 heteroatoms. The van der Waals surface area contributed by atoms with Crippen molar-refractivity contribution in [2.45, 2.75) is 39.2 Å². The third kappa shape index (κ3) is 5.73. The summed E-state index contributed by atoms with van der Waals surface area (Å²) in [5, 5.41) is 11.6. The van der Waals surface area contributed by atoms with Gasteiger partial charge in [0.25, 0.3) is 5.91 Å². The standard InChI is InChI=1S/C15H21NO4/c1-3-12(4-2)16-14(17)10-20-13-7-5-6-11(8-13)9-15(18)19/h5-8,12H,3-4,9-10H2,1-2H3,(H,16,17)(H,18,19). The van der Waals surface area contributed by atoms with Gasteiger partial charge in [-0.05, 0) is 30.5 Å². The van der Waals surface area contributed by atoms with Crippen LogP contribution in [0.4, 0.5) is 0 Å². The third-order valence-electron chi connectivity index (χ3n) is 2.97. The number of aliphatic carboxylic acids is 1. The monoisotopic (exact) mass is 279 g/mol. The van der Waals surface area contributed by atoms with E-state index in [0.717, 1.165) is 12.8 Å². The second-order valence-corrected chi connectivity index (χ2v) is 4.59. The Morgan fingerprint density at radius 1 is 1.30 bits per heavy atom. The summed E-state index contributed by atoms with van der Waals surface area (Å²) in [5.74, 6) is -0.556. The summed E-state index contributed by atoms with van der Waals surface area (Å²) in [4.78, 5) is 22.3. The summed E-state index contributed by atoms with van der Waals surface area (Å²) >= 11 is 0. The van der Waals surface area contributed by atoms with Gasteiger partial charge in [0.15, 0.2) is 6.61 Å². The van der Waals surface area contributed by atoms with Crippen molar-refractivity contribution in [3.05, 3.63) is 29.8 Å². The van der Waals surface area contributed by atoms with Crippen LogP contribution in [0.1, 0.15) is 32.3 Å². The van der Waals surface area contributed by atoms with Gasteiger partial charge in [0, 0.05) is 6.04 Å². The van der Waals surface area contributed by atoms with Crippen LogP contribution in [0, 0.1) is 0 Å². The number of rotatable bonds is 8. The summed E-state index contributed by atoms with van der Waals surface area (Å²) in [6, 6.07) is 6.94. The van der Waals surface area contributed by atoms with Gasteiger partial charge < -0.3 is 15.2 Å². The van der Waals surface area contributed by atoms with Crippen molar-refractivity contribution in [2.24, 2.45) is 0 Å². The van der Waals surface area contributed by atoms with Crippen molar-refractivity contribution in [3.8, 4) is 5.75 Å². The zero-order valence-corrected chi connectivity index (χ0v) is 11.9. The highest BCUT2D eigenvalue weighted by molar-refractivity contribution is 5.77. The molecule has 1 aromatic rings. The molecule has 0 atom stereocenters. The molecule has 0 radical (unpaired) electrons. The second kappa shape index (κ2) is 8.19. The van der Waals surface area contributed by atoms with Gasteiger partial charge in [-0.3, -0.25) is 9.59 Å². The Bertz CT molecular complexity index is 455. The highest BCUT2D eigenvalue weighted by Crippen LogP contribution is 2.13. The number of amides is 1. The molecule has 0 aliphatic rings. The average molecular weight is 279 g/mol. The SMILES string of the molecule is CCC(CC)NC(=O)COc1cccc(CC(=O)O)c1. The first-order valence-electron chi connectivity index (χ1n) is 6.78. The van der Waals surface area contributed by atoms with Crippen LogP contribution < -0.4 is 10.1 Å². The number of hydrogen-bond donors (Lipinski definition) is 2. The summed E-state index contributed by atoms with van der Waals surface area (Å²) in [6.45, 7) is 3.97. The molecule has 1 rings (SSSR count). The Morgan fingerprint density at radius 3 is 2.60 bits per heavy atom. The maximum Gasteiger partial charge on any atom is 0.307 e. The van der Waals surface area contributed by atoms with Gasteiger partial charge in [-0.25, -0.2) is 0 Å². The fraction of sp³-hybridized carbons (Fsp3) is 0.467. The van der Waals surface area contributed by atoms with Gasteiger partial charge in [-0.15, -0.1) is 0 Å². The largest absolute Gasteiger partial charge is 0.484 e. The van der Waals surface area contributed by atoms with Crippen LogP contribution in [-0.2, 0) is 16.0 Å². The van der Waals surface area contributed by atoms with Crippen molar-refractivity contribution < 1.29 is 19.4 Å². The van der Waals surface area contributed by atoms with E-state index in [0.29, 0.717) is 11.3 Å². The lowest BCUT2D eigenvalue weighted by Crippen LogP contribution is -2.37. The average Bonchev–Trinajstić information content (AvgIpc) is 2.42. The molecule has 1 amide bonds. The Morgan fingerprint density at radius 2 is 2.00 bits per heavy atom. The molecular weight excluding hydrogens is 258 g/mol. The third-order valence-corrected chi connectivity index (χ3v) is 2.97. The Hall–Kier alpha value is -2.04. The number of carboxylic acids is 1. The first kappa shape index (κ1) is 16.0. The molecule has 2 N–H and O–H groups in total. The summed E-state index contributed by atoms with van der Waals surface area (Å²) in [6.07, 6.45) is 1.71. The lowest BCUT2D eigenvalue weighted by Gasteiger charge is -2.15. The Kier molecular flexibility index (Phi) is 6.56. The molecule has 0 saturated heterocycles. The van der Waals surface area contributed by atoms with Crippen LogP contribution in [0.5, 0.6) is 5.75 Å². The predicted molar refractivity (Wildman–Crippen MR) is 75.8 cm³/mol. The molecule has 0 fully saturated rings. The smallest absolute Gasteiger partial charge is 0.307 e. The molecule has 0 saturated carbocycles. The molecule has 5 nitrogen and oxygen atoms in total. The molecule has 110 valence electrons. The lowest BCUT2D eigenvalue weighted by molar-refractivity contribution is -0.136. The normalized spacial score (nSPS) is 10.3. The molecule has 1 aromatic carbocycles. The van der Waals surface area contributed by atoms with Crippen molar-refractivity contribution in [1.29, 1.82) is 0 Å². The minimum atomic E-state index is -0.895. The van der Waals surface area contributed by atoms with Gasteiger partial charge in [0.05, 0.1) is 6.42 Å². The topological polar surface area (TPSA) is 75.6 Å². The Balaban J connectivity index is 2.48. The van der Waals surface area contributed by atoms with Crippen LogP contribution in [0.2, 0.25) is 0 Å². The second-order valence-electron chi connectivity index (χ2n) is 4.59. The number of carboxylic acid groups (broad SMARTS) is 1. The van der Waals surface area contributed by atoms with Gasteiger partial charge in [0.1, 0.15) is 5.75 Å². The van der Waals surface area contributed by atoms with Crippen molar-refractivity contribution in [1.82, 2.24) is 5.32 Å². The molecule has 0 aromatic heterocycles. The maximum atomic E-state index is 11.7. The molecule has 20 heavy (non-hydrogen) atoms. The van der Waals surface area contributed by atoms with Crippen LogP contribution in [0.25, 0.3) is 0 Å². The number of benzene rings is 1. The van der Waals surface area contributed by atoms with E-state index in [1.165, 1.54) is 0 Å². The van der Waals surface area contributed by atoms with Crippen molar-refractivity contribution in [3.63, 3.8) is 0 Å². The fourth-order valence-electron chi connectivity index (χ4n) is 1.83. The zero-order valence-electron chi connectivity index (χ0n) is 11.9. The minimum absolute atomic E-state index is 0.0584. The van der Waals surface area contributed by atoms with Crippen molar-refractivity contribution in [2.75, 3.05) is 6.61 Å². The summed E-state index contributed by atoms with van der Waals surface area (Å²) < 4.78 is 5.37. The zero-order chi connectivity index (χ0) is 15.0. The van der Waals surface area contributed by atoms with E-state index in [2.05, 4.69) is 5.32 Å². The number of carbonyl (C=O) groups excluding carboxylic acids is 1. The van der Waals surface area contributed by atoms with Gasteiger partial charge in [-0.2, -0.15) is 0 Å². The van der Waals surface area contributed by atoms with E-state index in [1.807, 2.05) is 13.8 Å². The van der Waals surface area contributed by atoms with E-state index >= 15 is 0 Å². The van der Waals surface area contributed by atoms with Crippen LogP contribution in [0.15, 0.2) is 24.3 Å². The van der Waals surface area contributed by atoms with Crippen LogP contribution >= 0.6 is 0 Å². The highest BCUT2D eigenvalue weighted by atomic mass is 16.5. The van der Waals surface area contributed by atoms with Gasteiger partial charge in [0.2, 0.25) is 0 Å². The number of hydrogen-bond acceptors (Lipinski definition) is 3. The molecule has 0 aliphatic heterocycles. The molecule has 0 heterocycles. The molecule has 0 bridgehead atoms. The first-order valence-corrected chi connectivity index (χ1v) is 6.78. The van der Waals surface area contributed by atoms with E-state index < -0.39 is 5.97 Å². The first-order chi connectivity index (χ1) is 9.55. The number of carbonyl (C=O) groups is 2. The predicted octanol–water partition coefficient (Wildman–Crippen LogP) is 2.00. The number of ether oxygens (including phenoxy) is 1. The van der Waals surface area contributed by atoms with Crippen molar-refractivity contribution >= 4 is 11.9 Å². The maximum absolute atomic E-state index is 11.7.